The third-order valence-corrected chi connectivity index (χ3v) is 4.85. The van der Waals surface area contributed by atoms with Gasteiger partial charge < -0.3 is 9.84 Å². The molecule has 1 N–H and O–H groups in total. The number of morpholine rings is 1. The first-order valence-corrected chi connectivity index (χ1v) is 9.03. The smallest absolute Gasteiger partial charge is 0.475 e. The molecule has 1 aromatic carbocycles. The van der Waals surface area contributed by atoms with Gasteiger partial charge in [0.25, 0.3) is 0 Å². The van der Waals surface area contributed by atoms with E-state index in [1.807, 2.05) is 0 Å². The van der Waals surface area contributed by atoms with Gasteiger partial charge in [0, 0.05) is 32.2 Å². The first-order chi connectivity index (χ1) is 12.6. The molecule has 1 aromatic rings. The number of nitrogens with zero attached hydrogens (tertiary/aromatic N) is 2. The summed E-state index contributed by atoms with van der Waals surface area (Å²) in [5, 5.41) is 7.12. The molecule has 0 unspecified atom stereocenters. The summed E-state index contributed by atoms with van der Waals surface area (Å²) in [4.78, 5) is 14.1. The Morgan fingerprint density at radius 3 is 2.37 bits per heavy atom. The van der Waals surface area contributed by atoms with Crippen LogP contribution in [-0.4, -0.2) is 71.5 Å². The van der Waals surface area contributed by atoms with Gasteiger partial charge in [0.1, 0.15) is 0 Å². The van der Waals surface area contributed by atoms with Gasteiger partial charge >= 0.3 is 12.1 Å². The van der Waals surface area contributed by atoms with Crippen LogP contribution in [0.4, 0.5) is 13.2 Å². The number of likely N-dealkylation sites (tertiary alicyclic amines) is 1. The maximum absolute atomic E-state index is 10.6. The summed E-state index contributed by atoms with van der Waals surface area (Å²) in [6, 6.07) is 10.1. The van der Waals surface area contributed by atoms with E-state index < -0.39 is 12.1 Å². The number of hydrogen-bond acceptors (Lipinski definition) is 4. The Morgan fingerprint density at radius 2 is 1.85 bits per heavy atom. The average molecular weight is 388 g/mol. The molecule has 0 aliphatic carbocycles. The lowest BCUT2D eigenvalue weighted by Crippen LogP contribution is -2.53. The Morgan fingerprint density at radius 1 is 1.26 bits per heavy atom. The standard InChI is InChI=1S/C17H26N2O.C2HF3O2/c1-13(2)19-8-9-20-17-12-18(11-16(17)19)10-15-6-4-14(3)5-7-15;3-2(4,5)1(6)7/h4-7,13,16-17H,8-12H2,1-3H3;(H,6,7)/t16-,17+;/m1./s1. The molecular weight excluding hydrogens is 361 g/mol. The molecule has 0 bridgehead atoms. The topological polar surface area (TPSA) is 53.0 Å². The highest BCUT2D eigenvalue weighted by atomic mass is 19.4. The summed E-state index contributed by atoms with van der Waals surface area (Å²) in [5.74, 6) is -2.76. The van der Waals surface area contributed by atoms with Gasteiger partial charge in [0.2, 0.25) is 0 Å². The van der Waals surface area contributed by atoms with Gasteiger partial charge in [-0.05, 0) is 26.3 Å². The normalized spacial score (nSPS) is 23.7. The second kappa shape index (κ2) is 9.03. The van der Waals surface area contributed by atoms with Crippen molar-refractivity contribution in [2.75, 3.05) is 26.2 Å². The van der Waals surface area contributed by atoms with Crippen LogP contribution >= 0.6 is 0 Å². The number of aryl methyl sites for hydroxylation is 1. The third kappa shape index (κ3) is 6.19. The third-order valence-electron chi connectivity index (χ3n) is 4.85. The first-order valence-electron chi connectivity index (χ1n) is 9.03. The number of carboxylic acid groups (broad SMARTS) is 1. The Labute approximate surface area is 157 Å². The van der Waals surface area contributed by atoms with Crippen molar-refractivity contribution in [3.63, 3.8) is 0 Å². The Bertz CT molecular complexity index is 620. The van der Waals surface area contributed by atoms with Crippen molar-refractivity contribution in [1.29, 1.82) is 0 Å². The highest BCUT2D eigenvalue weighted by molar-refractivity contribution is 5.73. The predicted octanol–water partition coefficient (Wildman–Crippen LogP) is 2.92. The molecule has 152 valence electrons. The second-order valence-corrected chi connectivity index (χ2v) is 7.29. The molecule has 2 saturated heterocycles. The molecule has 0 spiro atoms. The van der Waals surface area contributed by atoms with Crippen molar-refractivity contribution in [1.82, 2.24) is 9.80 Å². The minimum atomic E-state index is -5.08. The highest BCUT2D eigenvalue weighted by Gasteiger charge is 2.40. The number of aliphatic carboxylic acids is 1. The highest BCUT2D eigenvalue weighted by Crippen LogP contribution is 2.25. The molecular formula is C19H27F3N2O3. The second-order valence-electron chi connectivity index (χ2n) is 7.29. The molecule has 0 amide bonds. The van der Waals surface area contributed by atoms with E-state index in [1.165, 1.54) is 11.1 Å². The molecule has 2 aliphatic rings. The van der Waals surface area contributed by atoms with Crippen molar-refractivity contribution in [2.45, 2.75) is 51.7 Å². The molecule has 5 nitrogen and oxygen atoms in total. The van der Waals surface area contributed by atoms with Crippen LogP contribution in [0.5, 0.6) is 0 Å². The molecule has 2 heterocycles. The van der Waals surface area contributed by atoms with E-state index in [4.69, 9.17) is 14.6 Å². The van der Waals surface area contributed by atoms with Crippen LogP contribution in [0, 0.1) is 6.92 Å². The summed E-state index contributed by atoms with van der Waals surface area (Å²) in [5.41, 5.74) is 2.74. The SMILES string of the molecule is Cc1ccc(CN2C[C@@H]3OCCN(C(C)C)[C@@H]3C2)cc1.O=C(O)C(F)(F)F. The minimum absolute atomic E-state index is 0.400. The Balaban J connectivity index is 0.000000321. The predicted molar refractivity (Wildman–Crippen MR) is 95.5 cm³/mol. The van der Waals surface area contributed by atoms with Gasteiger partial charge in [-0.3, -0.25) is 9.80 Å². The fourth-order valence-electron chi connectivity index (χ4n) is 3.51. The summed E-state index contributed by atoms with van der Waals surface area (Å²) in [6.45, 7) is 12.0. The Hall–Kier alpha value is -1.64. The minimum Gasteiger partial charge on any atom is -0.475 e. The van der Waals surface area contributed by atoms with Crippen LogP contribution in [0.3, 0.4) is 0 Å². The maximum atomic E-state index is 10.6. The van der Waals surface area contributed by atoms with E-state index >= 15 is 0 Å². The number of ether oxygens (including phenoxy) is 1. The van der Waals surface area contributed by atoms with Crippen molar-refractivity contribution < 1.29 is 27.8 Å². The van der Waals surface area contributed by atoms with Crippen LogP contribution in [0.25, 0.3) is 0 Å². The quantitative estimate of drug-likeness (QED) is 0.863. The Kier molecular flexibility index (Phi) is 7.25. The average Bonchev–Trinajstić information content (AvgIpc) is 2.98. The molecule has 27 heavy (non-hydrogen) atoms. The fourth-order valence-corrected chi connectivity index (χ4v) is 3.51. The molecule has 8 heteroatoms. The molecule has 0 saturated carbocycles. The van der Waals surface area contributed by atoms with Gasteiger partial charge in [-0.2, -0.15) is 13.2 Å². The van der Waals surface area contributed by atoms with E-state index in [1.54, 1.807) is 0 Å². The zero-order chi connectivity index (χ0) is 20.2. The van der Waals surface area contributed by atoms with Crippen LogP contribution in [0.1, 0.15) is 25.0 Å². The van der Waals surface area contributed by atoms with E-state index in [-0.39, 0.29) is 0 Å². The van der Waals surface area contributed by atoms with Gasteiger partial charge in [-0.1, -0.05) is 29.8 Å². The number of fused-ring (bicyclic) bond motifs is 1. The molecule has 0 radical (unpaired) electrons. The maximum Gasteiger partial charge on any atom is 0.490 e. The van der Waals surface area contributed by atoms with E-state index in [2.05, 4.69) is 54.8 Å². The lowest BCUT2D eigenvalue weighted by molar-refractivity contribution is -0.192. The van der Waals surface area contributed by atoms with E-state index in [0.717, 1.165) is 32.8 Å². The fraction of sp³-hybridized carbons (Fsp3) is 0.632. The number of halogens is 3. The number of hydrogen-bond donors (Lipinski definition) is 1. The molecule has 3 rings (SSSR count). The van der Waals surface area contributed by atoms with Crippen LogP contribution in [0.2, 0.25) is 0 Å². The van der Waals surface area contributed by atoms with Crippen LogP contribution in [0.15, 0.2) is 24.3 Å². The van der Waals surface area contributed by atoms with Gasteiger partial charge in [-0.15, -0.1) is 0 Å². The van der Waals surface area contributed by atoms with Crippen molar-refractivity contribution in [2.24, 2.45) is 0 Å². The molecule has 2 aliphatic heterocycles. The van der Waals surface area contributed by atoms with Crippen molar-refractivity contribution >= 4 is 5.97 Å². The summed E-state index contributed by atoms with van der Waals surface area (Å²) in [7, 11) is 0. The number of benzene rings is 1. The largest absolute Gasteiger partial charge is 0.490 e. The van der Waals surface area contributed by atoms with E-state index in [0.29, 0.717) is 18.2 Å². The number of rotatable bonds is 3. The zero-order valence-electron chi connectivity index (χ0n) is 15.9. The number of alkyl halides is 3. The summed E-state index contributed by atoms with van der Waals surface area (Å²) >= 11 is 0. The molecule has 0 aromatic heterocycles. The summed E-state index contributed by atoms with van der Waals surface area (Å²) in [6.07, 6.45) is -4.68. The van der Waals surface area contributed by atoms with Crippen LogP contribution in [-0.2, 0) is 16.1 Å². The van der Waals surface area contributed by atoms with Gasteiger partial charge in [0.05, 0.1) is 18.8 Å². The number of carbonyl (C=O) groups is 1. The number of carboxylic acids is 1. The van der Waals surface area contributed by atoms with E-state index in [9.17, 15) is 13.2 Å². The first kappa shape index (κ1) is 21.7. The van der Waals surface area contributed by atoms with Crippen molar-refractivity contribution in [3.8, 4) is 0 Å². The van der Waals surface area contributed by atoms with Crippen molar-refractivity contribution in [3.05, 3.63) is 35.4 Å². The lowest BCUT2D eigenvalue weighted by atomic mass is 10.1. The summed E-state index contributed by atoms with van der Waals surface area (Å²) < 4.78 is 37.7. The molecule has 2 atom stereocenters. The van der Waals surface area contributed by atoms with Gasteiger partial charge in [0.15, 0.2) is 0 Å². The molecule has 2 fully saturated rings. The zero-order valence-corrected chi connectivity index (χ0v) is 15.9. The monoisotopic (exact) mass is 388 g/mol. The van der Waals surface area contributed by atoms with Crippen LogP contribution < -0.4 is 0 Å². The van der Waals surface area contributed by atoms with Gasteiger partial charge in [-0.25, -0.2) is 4.79 Å². The lowest BCUT2D eigenvalue weighted by Gasteiger charge is -2.39.